The molecule has 6 nitrogen and oxygen atoms in total. The Bertz CT molecular complexity index is 486. The number of nitrogens with two attached hydrogens (primary N) is 1. The average Bonchev–Trinajstić information content (AvgIpc) is 2.42. The number of methoxy groups -OCH3 is 1. The van der Waals surface area contributed by atoms with Crippen molar-refractivity contribution in [1.82, 2.24) is 5.32 Å². The van der Waals surface area contributed by atoms with E-state index in [1.54, 1.807) is 7.11 Å². The number of carbonyl (C=O) groups is 1. The van der Waals surface area contributed by atoms with Gasteiger partial charge in [-0.15, -0.1) is 0 Å². The van der Waals surface area contributed by atoms with Gasteiger partial charge in [0.2, 0.25) is 0 Å². The molecule has 0 fully saturated rings. The lowest BCUT2D eigenvalue weighted by Crippen LogP contribution is -2.49. The number of alkyl carbamates (subject to hydrolysis) is 1. The molecule has 1 rings (SSSR count). The number of rotatable bonds is 6. The minimum atomic E-state index is -0.530. The number of amides is 1. The molecule has 0 spiro atoms. The predicted octanol–water partition coefficient (Wildman–Crippen LogP) is 2.35. The molecule has 2 atom stereocenters. The van der Waals surface area contributed by atoms with Crippen LogP contribution in [0.3, 0.4) is 0 Å². The molecule has 0 aliphatic heterocycles. The maximum atomic E-state index is 11.8. The Morgan fingerprint density at radius 2 is 1.95 bits per heavy atom. The molecule has 22 heavy (non-hydrogen) atoms. The van der Waals surface area contributed by atoms with E-state index in [0.29, 0.717) is 6.54 Å². The number of anilines is 1. The Balaban J connectivity index is 2.69. The molecular formula is C16H27N3O3. The van der Waals surface area contributed by atoms with Gasteiger partial charge in [-0.25, -0.2) is 4.79 Å². The molecule has 1 aromatic carbocycles. The van der Waals surface area contributed by atoms with E-state index in [2.05, 4.69) is 10.6 Å². The smallest absolute Gasteiger partial charge is 0.407 e. The van der Waals surface area contributed by atoms with Crippen molar-refractivity contribution in [1.29, 1.82) is 0 Å². The monoisotopic (exact) mass is 309 g/mol. The van der Waals surface area contributed by atoms with Crippen LogP contribution >= 0.6 is 0 Å². The minimum absolute atomic E-state index is 0.149. The van der Waals surface area contributed by atoms with E-state index in [-0.39, 0.29) is 12.1 Å². The second-order valence-corrected chi connectivity index (χ2v) is 6.12. The normalized spacial score (nSPS) is 13.9. The Morgan fingerprint density at radius 1 is 1.32 bits per heavy atom. The maximum absolute atomic E-state index is 11.8. The highest BCUT2D eigenvalue weighted by Crippen LogP contribution is 2.24. The lowest BCUT2D eigenvalue weighted by Gasteiger charge is -2.28. The maximum Gasteiger partial charge on any atom is 0.407 e. The first-order valence-corrected chi connectivity index (χ1v) is 7.36. The first-order chi connectivity index (χ1) is 10.3. The van der Waals surface area contributed by atoms with Crippen molar-refractivity contribution < 1.29 is 14.3 Å². The Morgan fingerprint density at radius 3 is 2.50 bits per heavy atom. The summed E-state index contributed by atoms with van der Waals surface area (Å²) in [5, 5.41) is 6.10. The summed E-state index contributed by atoms with van der Waals surface area (Å²) in [7, 11) is 1.61. The van der Waals surface area contributed by atoms with Crippen molar-refractivity contribution in [2.45, 2.75) is 45.4 Å². The van der Waals surface area contributed by atoms with Crippen LogP contribution < -0.4 is 21.1 Å². The van der Waals surface area contributed by atoms with Gasteiger partial charge in [-0.3, -0.25) is 0 Å². The highest BCUT2D eigenvalue weighted by atomic mass is 16.6. The van der Waals surface area contributed by atoms with E-state index in [4.69, 9.17) is 15.2 Å². The number of ether oxygens (including phenoxy) is 2. The van der Waals surface area contributed by atoms with Gasteiger partial charge in [0, 0.05) is 6.54 Å². The number of carbonyl (C=O) groups excluding carboxylic acids is 1. The zero-order valence-corrected chi connectivity index (χ0v) is 14.0. The second kappa shape index (κ2) is 7.89. The van der Waals surface area contributed by atoms with Crippen molar-refractivity contribution in [3.05, 3.63) is 24.3 Å². The fourth-order valence-corrected chi connectivity index (χ4v) is 1.95. The van der Waals surface area contributed by atoms with Crippen LogP contribution in [-0.4, -0.2) is 37.4 Å². The average molecular weight is 309 g/mol. The first kappa shape index (κ1) is 18.1. The van der Waals surface area contributed by atoms with Gasteiger partial charge in [-0.1, -0.05) is 12.1 Å². The molecule has 0 heterocycles. The summed E-state index contributed by atoms with van der Waals surface area (Å²) in [6, 6.07) is 7.21. The van der Waals surface area contributed by atoms with Crippen LogP contribution in [-0.2, 0) is 4.74 Å². The van der Waals surface area contributed by atoms with Crippen molar-refractivity contribution in [2.24, 2.45) is 5.73 Å². The van der Waals surface area contributed by atoms with E-state index in [0.717, 1.165) is 11.4 Å². The van der Waals surface area contributed by atoms with Crippen LogP contribution in [0.4, 0.5) is 10.5 Å². The van der Waals surface area contributed by atoms with E-state index < -0.39 is 11.7 Å². The molecule has 0 saturated heterocycles. The van der Waals surface area contributed by atoms with E-state index in [1.165, 1.54) is 0 Å². The Hall–Kier alpha value is -1.95. The fraction of sp³-hybridized carbons (Fsp3) is 0.562. The molecule has 2 unspecified atom stereocenters. The fourth-order valence-electron chi connectivity index (χ4n) is 1.95. The summed E-state index contributed by atoms with van der Waals surface area (Å²) in [6.07, 6.45) is -0.458. The number of para-hydroxylation sites is 2. The molecule has 0 aliphatic carbocycles. The molecule has 124 valence electrons. The topological polar surface area (TPSA) is 85.6 Å². The summed E-state index contributed by atoms with van der Waals surface area (Å²) in [6.45, 7) is 7.71. The first-order valence-electron chi connectivity index (χ1n) is 7.36. The van der Waals surface area contributed by atoms with Gasteiger partial charge in [0.25, 0.3) is 0 Å². The second-order valence-electron chi connectivity index (χ2n) is 6.12. The number of hydrogen-bond acceptors (Lipinski definition) is 5. The molecule has 0 saturated carbocycles. The third-order valence-electron chi connectivity index (χ3n) is 3.05. The van der Waals surface area contributed by atoms with Crippen molar-refractivity contribution in [2.75, 3.05) is 19.0 Å². The van der Waals surface area contributed by atoms with E-state index in [9.17, 15) is 4.79 Å². The van der Waals surface area contributed by atoms with E-state index in [1.807, 2.05) is 52.0 Å². The number of nitrogens with one attached hydrogen (secondary N) is 2. The Labute approximate surface area is 132 Å². The van der Waals surface area contributed by atoms with Crippen LogP contribution in [0.1, 0.15) is 27.7 Å². The summed E-state index contributed by atoms with van der Waals surface area (Å²) in [5.74, 6) is 0.727. The van der Waals surface area contributed by atoms with Crippen LogP contribution in [0.2, 0.25) is 0 Å². The van der Waals surface area contributed by atoms with Gasteiger partial charge in [-0.05, 0) is 39.8 Å². The highest BCUT2D eigenvalue weighted by molar-refractivity contribution is 5.68. The molecule has 0 radical (unpaired) electrons. The van der Waals surface area contributed by atoms with Gasteiger partial charge < -0.3 is 25.8 Å². The van der Waals surface area contributed by atoms with Crippen molar-refractivity contribution in [3.63, 3.8) is 0 Å². The lowest BCUT2D eigenvalue weighted by molar-refractivity contribution is 0.0504. The lowest BCUT2D eigenvalue weighted by atomic mass is 10.1. The minimum Gasteiger partial charge on any atom is -0.495 e. The summed E-state index contributed by atoms with van der Waals surface area (Å²) in [4.78, 5) is 11.8. The quantitative estimate of drug-likeness (QED) is 0.751. The van der Waals surface area contributed by atoms with E-state index >= 15 is 0 Å². The highest BCUT2D eigenvalue weighted by Gasteiger charge is 2.22. The standard InChI is InChI=1S/C16H27N3O3/c1-11(18-15(20)22-16(2,3)4)13(10-17)19-12-8-6-7-9-14(12)21-5/h6-9,11,13,19H,10,17H2,1-5H3,(H,18,20). The van der Waals surface area contributed by atoms with Gasteiger partial charge in [0.05, 0.1) is 24.9 Å². The zero-order valence-electron chi connectivity index (χ0n) is 14.0. The van der Waals surface area contributed by atoms with Crippen molar-refractivity contribution >= 4 is 11.8 Å². The van der Waals surface area contributed by atoms with Gasteiger partial charge in [-0.2, -0.15) is 0 Å². The van der Waals surface area contributed by atoms with Crippen LogP contribution in [0.15, 0.2) is 24.3 Å². The SMILES string of the molecule is COc1ccccc1NC(CN)C(C)NC(=O)OC(C)(C)C. The molecule has 6 heteroatoms. The molecule has 4 N–H and O–H groups in total. The third kappa shape index (κ3) is 5.81. The molecular weight excluding hydrogens is 282 g/mol. The molecule has 0 aromatic heterocycles. The number of benzene rings is 1. The summed E-state index contributed by atoms with van der Waals surface area (Å²) >= 11 is 0. The zero-order chi connectivity index (χ0) is 16.8. The van der Waals surface area contributed by atoms with Crippen LogP contribution in [0.5, 0.6) is 5.75 Å². The number of hydrogen-bond donors (Lipinski definition) is 3. The van der Waals surface area contributed by atoms with Gasteiger partial charge >= 0.3 is 6.09 Å². The predicted molar refractivity (Wildman–Crippen MR) is 88.3 cm³/mol. The summed E-state index contributed by atoms with van der Waals surface area (Å²) in [5.41, 5.74) is 6.12. The van der Waals surface area contributed by atoms with Crippen LogP contribution in [0, 0.1) is 0 Å². The molecule has 1 aromatic rings. The van der Waals surface area contributed by atoms with Crippen molar-refractivity contribution in [3.8, 4) is 5.75 Å². The van der Waals surface area contributed by atoms with Crippen LogP contribution in [0.25, 0.3) is 0 Å². The summed E-state index contributed by atoms with van der Waals surface area (Å²) < 4.78 is 10.6. The van der Waals surface area contributed by atoms with Gasteiger partial charge in [0.15, 0.2) is 0 Å². The third-order valence-corrected chi connectivity index (χ3v) is 3.05. The molecule has 0 aliphatic rings. The Kier molecular flexibility index (Phi) is 6.49. The molecule has 1 amide bonds. The molecule has 0 bridgehead atoms. The van der Waals surface area contributed by atoms with Gasteiger partial charge in [0.1, 0.15) is 11.4 Å². The largest absolute Gasteiger partial charge is 0.495 e.